The normalized spacial score (nSPS) is 19.7. The molecule has 2 aromatic rings. The number of nitrogens with one attached hydrogen (secondary N) is 1. The van der Waals surface area contributed by atoms with Gasteiger partial charge < -0.3 is 9.74 Å². The molecule has 0 aromatic heterocycles. The molecule has 0 bridgehead atoms. The summed E-state index contributed by atoms with van der Waals surface area (Å²) < 4.78 is 6.43. The average molecular weight is 474 g/mol. The van der Waals surface area contributed by atoms with Gasteiger partial charge in [0, 0.05) is 17.1 Å². The first-order chi connectivity index (χ1) is 14.5. The van der Waals surface area contributed by atoms with Crippen LogP contribution in [0.25, 0.3) is 0 Å². The number of thiocarbonyl (C=S) groups is 1. The van der Waals surface area contributed by atoms with E-state index in [0.29, 0.717) is 11.8 Å². The molecule has 0 aliphatic heterocycles. The van der Waals surface area contributed by atoms with Gasteiger partial charge in [-0.25, -0.2) is 0 Å². The second-order valence-corrected chi connectivity index (χ2v) is 16.1. The van der Waals surface area contributed by atoms with E-state index in [0.717, 1.165) is 27.9 Å². The highest BCUT2D eigenvalue weighted by molar-refractivity contribution is 7.80. The molecule has 168 valence electrons. The number of benzene rings is 2. The lowest BCUT2D eigenvalue weighted by Crippen LogP contribution is -2.43. The van der Waals surface area contributed by atoms with Crippen molar-refractivity contribution < 1.29 is 4.43 Å². The Morgan fingerprint density at radius 3 is 2.29 bits per heavy atom. The van der Waals surface area contributed by atoms with Gasteiger partial charge in [0.15, 0.2) is 0 Å². The lowest BCUT2D eigenvalue weighted by molar-refractivity contribution is 0.334. The minimum Gasteiger partial charge on any atom is -0.544 e. The summed E-state index contributed by atoms with van der Waals surface area (Å²) in [6, 6.07) is 16.6. The second kappa shape index (κ2) is 10.1. The molecule has 31 heavy (non-hydrogen) atoms. The summed E-state index contributed by atoms with van der Waals surface area (Å²) in [5.41, 5.74) is 2.42. The number of halogens is 1. The van der Waals surface area contributed by atoms with Crippen molar-refractivity contribution in [2.24, 2.45) is 5.92 Å². The van der Waals surface area contributed by atoms with Gasteiger partial charge in [-0.15, -0.1) is 0 Å². The largest absolute Gasteiger partial charge is 0.544 e. The Morgan fingerprint density at radius 2 is 1.71 bits per heavy atom. The lowest BCUT2D eigenvalue weighted by Gasteiger charge is -2.36. The highest BCUT2D eigenvalue weighted by Crippen LogP contribution is 2.40. The van der Waals surface area contributed by atoms with E-state index in [9.17, 15) is 0 Å². The van der Waals surface area contributed by atoms with Crippen LogP contribution in [0.4, 0.5) is 5.69 Å². The van der Waals surface area contributed by atoms with Gasteiger partial charge in [-0.1, -0.05) is 62.8 Å². The zero-order chi connectivity index (χ0) is 22.6. The fourth-order valence-corrected chi connectivity index (χ4v) is 5.57. The van der Waals surface area contributed by atoms with Gasteiger partial charge in [-0.05, 0) is 91.5 Å². The summed E-state index contributed by atoms with van der Waals surface area (Å²) in [5, 5.41) is 4.29. The monoisotopic (exact) mass is 473 g/mol. The third kappa shape index (κ3) is 6.81. The number of hydrogen-bond acceptors (Lipinski definition) is 2. The van der Waals surface area contributed by atoms with E-state index in [-0.39, 0.29) is 5.04 Å². The maximum absolute atomic E-state index is 6.43. The predicted molar refractivity (Wildman–Crippen MR) is 141 cm³/mol. The Balaban J connectivity index is 1.48. The van der Waals surface area contributed by atoms with Crippen LogP contribution < -0.4 is 9.74 Å². The molecule has 2 nitrogen and oxygen atoms in total. The molecule has 0 unspecified atom stereocenters. The molecule has 0 radical (unpaired) electrons. The summed E-state index contributed by atoms with van der Waals surface area (Å²) in [5.74, 6) is 2.32. The Kier molecular flexibility index (Phi) is 7.88. The molecule has 0 spiro atoms. The molecule has 0 amide bonds. The van der Waals surface area contributed by atoms with Crippen LogP contribution in [0.2, 0.25) is 23.2 Å². The van der Waals surface area contributed by atoms with Crippen molar-refractivity contribution >= 4 is 42.8 Å². The smallest absolute Gasteiger partial charge is 0.250 e. The molecule has 1 fully saturated rings. The van der Waals surface area contributed by atoms with Crippen LogP contribution in [0, 0.1) is 5.92 Å². The Bertz CT molecular complexity index is 883. The van der Waals surface area contributed by atoms with E-state index in [1.165, 1.54) is 31.2 Å². The molecule has 5 heteroatoms. The molecule has 1 N–H and O–H groups in total. The van der Waals surface area contributed by atoms with Crippen LogP contribution in [0.5, 0.6) is 5.75 Å². The maximum Gasteiger partial charge on any atom is 0.250 e. The fourth-order valence-electron chi connectivity index (χ4n) is 4.00. The molecule has 0 heterocycles. The van der Waals surface area contributed by atoms with Gasteiger partial charge >= 0.3 is 0 Å². The number of hydrogen-bond donors (Lipinski definition) is 1. The highest BCUT2D eigenvalue weighted by Gasteiger charge is 2.39. The molecular weight excluding hydrogens is 438 g/mol. The van der Waals surface area contributed by atoms with E-state index in [4.69, 9.17) is 28.2 Å². The molecule has 0 saturated heterocycles. The molecule has 2 aromatic carbocycles. The molecule has 0 atom stereocenters. The third-order valence-electron chi connectivity index (χ3n) is 6.96. The Morgan fingerprint density at radius 1 is 1.06 bits per heavy atom. The van der Waals surface area contributed by atoms with Crippen LogP contribution >= 0.6 is 23.8 Å². The van der Waals surface area contributed by atoms with Gasteiger partial charge in [0.2, 0.25) is 8.32 Å². The van der Waals surface area contributed by atoms with Crippen molar-refractivity contribution in [1.82, 2.24) is 0 Å². The average Bonchev–Trinajstić information content (AvgIpc) is 2.68. The Hall–Kier alpha value is -1.36. The van der Waals surface area contributed by atoms with Crippen molar-refractivity contribution in [1.29, 1.82) is 0 Å². The van der Waals surface area contributed by atoms with Gasteiger partial charge in [-0.2, -0.15) is 0 Å². The first-order valence-corrected chi connectivity index (χ1v) is 15.1. The summed E-state index contributed by atoms with van der Waals surface area (Å²) in [6.07, 6.45) is 5.86. The second-order valence-electron chi connectivity index (χ2n) is 10.4. The Labute approximate surface area is 199 Å². The van der Waals surface area contributed by atoms with E-state index in [2.05, 4.69) is 63.4 Å². The lowest BCUT2D eigenvalue weighted by atomic mass is 9.77. The minimum absolute atomic E-state index is 0.215. The summed E-state index contributed by atoms with van der Waals surface area (Å²) in [7, 11) is -1.78. The first-order valence-electron chi connectivity index (χ1n) is 11.4. The molecule has 3 rings (SSSR count). The first kappa shape index (κ1) is 24.3. The van der Waals surface area contributed by atoms with Crippen LogP contribution in [0.15, 0.2) is 48.5 Å². The molecule has 1 aliphatic rings. The molecule has 1 aliphatic carbocycles. The quantitative estimate of drug-likeness (QED) is 0.334. The van der Waals surface area contributed by atoms with Crippen molar-refractivity contribution in [3.05, 3.63) is 59.1 Å². The van der Waals surface area contributed by atoms with Crippen molar-refractivity contribution in [2.45, 2.75) is 76.9 Å². The number of anilines is 1. The van der Waals surface area contributed by atoms with Crippen molar-refractivity contribution in [2.75, 3.05) is 5.32 Å². The van der Waals surface area contributed by atoms with Crippen LogP contribution in [0.3, 0.4) is 0 Å². The zero-order valence-electron chi connectivity index (χ0n) is 19.5. The van der Waals surface area contributed by atoms with Gasteiger partial charge in [-0.3, -0.25) is 0 Å². The zero-order valence-corrected chi connectivity index (χ0v) is 22.1. The highest BCUT2D eigenvalue weighted by atomic mass is 35.5. The SMILES string of the molecule is CC(C)(C)[Si](C)(C)Oc1ccc(C2CCC(CC(=S)Nc3cccc(Cl)c3)CC2)cc1. The maximum atomic E-state index is 6.43. The fraction of sp³-hybridized carbons (Fsp3) is 0.500. The molecular formula is C26H36ClNOSSi. The van der Waals surface area contributed by atoms with Gasteiger partial charge in [0.1, 0.15) is 5.75 Å². The minimum atomic E-state index is -1.78. The standard InChI is InChI=1S/C26H36ClNOSSi/c1-26(2,3)31(4,5)29-24-15-13-21(14-16-24)20-11-9-19(10-12-20)17-25(30)28-23-8-6-7-22(27)18-23/h6-8,13-16,18-20H,9-12,17H2,1-5H3,(H,28,30). The van der Waals surface area contributed by atoms with Crippen LogP contribution in [-0.4, -0.2) is 13.3 Å². The van der Waals surface area contributed by atoms with E-state index >= 15 is 0 Å². The molecule has 1 saturated carbocycles. The van der Waals surface area contributed by atoms with Crippen molar-refractivity contribution in [3.8, 4) is 5.75 Å². The topological polar surface area (TPSA) is 21.3 Å². The predicted octanol–water partition coefficient (Wildman–Crippen LogP) is 8.83. The van der Waals surface area contributed by atoms with Crippen LogP contribution in [0.1, 0.15) is 64.4 Å². The van der Waals surface area contributed by atoms with Gasteiger partial charge in [0.05, 0.1) is 4.99 Å². The third-order valence-corrected chi connectivity index (χ3v) is 11.8. The van der Waals surface area contributed by atoms with Gasteiger partial charge in [0.25, 0.3) is 0 Å². The van der Waals surface area contributed by atoms with Crippen molar-refractivity contribution in [3.63, 3.8) is 0 Å². The van der Waals surface area contributed by atoms with E-state index < -0.39 is 8.32 Å². The number of rotatable bonds is 6. The van der Waals surface area contributed by atoms with E-state index in [1.807, 2.05) is 24.3 Å². The summed E-state index contributed by atoms with van der Waals surface area (Å²) in [6.45, 7) is 11.4. The summed E-state index contributed by atoms with van der Waals surface area (Å²) >= 11 is 11.7. The summed E-state index contributed by atoms with van der Waals surface area (Å²) in [4.78, 5) is 0.915. The van der Waals surface area contributed by atoms with Crippen LogP contribution in [-0.2, 0) is 0 Å². The van der Waals surface area contributed by atoms with E-state index in [1.54, 1.807) is 0 Å².